The van der Waals surface area contributed by atoms with Crippen LogP contribution in [0, 0.1) is 5.92 Å². The Morgan fingerprint density at radius 1 is 1.19 bits per heavy atom. The third-order valence-corrected chi connectivity index (χ3v) is 3.08. The highest BCUT2D eigenvalue weighted by Gasteiger charge is 2.17. The first-order valence-corrected chi connectivity index (χ1v) is 7.32. The fourth-order valence-electron chi connectivity index (χ4n) is 1.90. The van der Waals surface area contributed by atoms with Gasteiger partial charge in [-0.2, -0.15) is 0 Å². The van der Waals surface area contributed by atoms with Gasteiger partial charge in [-0.05, 0) is 37.1 Å². The molecule has 1 unspecified atom stereocenters. The van der Waals surface area contributed by atoms with Crippen LogP contribution in [0.2, 0.25) is 0 Å². The molecule has 0 fully saturated rings. The van der Waals surface area contributed by atoms with Crippen LogP contribution in [0.15, 0.2) is 24.3 Å². The molecular weight excluding hydrogens is 270 g/mol. The number of hydrogen-bond donors (Lipinski definition) is 2. The first-order valence-electron chi connectivity index (χ1n) is 7.32. The van der Waals surface area contributed by atoms with Crippen LogP contribution in [0.25, 0.3) is 0 Å². The molecule has 0 radical (unpaired) electrons. The number of aliphatic carboxylic acids is 1. The van der Waals surface area contributed by atoms with Gasteiger partial charge in [0.1, 0.15) is 5.75 Å². The number of benzene rings is 1. The predicted octanol–water partition coefficient (Wildman–Crippen LogP) is 2.71. The van der Waals surface area contributed by atoms with Gasteiger partial charge in [0.25, 0.3) is 5.91 Å². The average molecular weight is 293 g/mol. The van der Waals surface area contributed by atoms with Gasteiger partial charge in [0, 0.05) is 12.1 Å². The SMILES string of the molecule is CCCOc1ccc(C(=O)NCC(CCC)C(=O)O)cc1. The van der Waals surface area contributed by atoms with Crippen molar-refractivity contribution < 1.29 is 19.4 Å². The molecule has 5 nitrogen and oxygen atoms in total. The summed E-state index contributed by atoms with van der Waals surface area (Å²) in [5, 5.41) is 11.7. The number of carboxylic acids is 1. The minimum absolute atomic E-state index is 0.149. The molecule has 1 aromatic rings. The van der Waals surface area contributed by atoms with Crippen LogP contribution in [-0.2, 0) is 4.79 Å². The van der Waals surface area contributed by atoms with Gasteiger partial charge >= 0.3 is 5.97 Å². The first-order chi connectivity index (χ1) is 10.1. The molecule has 0 aliphatic heterocycles. The molecule has 0 saturated heterocycles. The van der Waals surface area contributed by atoms with E-state index in [9.17, 15) is 9.59 Å². The molecule has 0 bridgehead atoms. The number of nitrogens with one attached hydrogen (secondary N) is 1. The van der Waals surface area contributed by atoms with Crippen LogP contribution >= 0.6 is 0 Å². The van der Waals surface area contributed by atoms with Crippen molar-refractivity contribution in [2.45, 2.75) is 33.1 Å². The quantitative estimate of drug-likeness (QED) is 0.734. The highest BCUT2D eigenvalue weighted by molar-refractivity contribution is 5.94. The Bertz CT molecular complexity index is 456. The van der Waals surface area contributed by atoms with Crippen molar-refractivity contribution >= 4 is 11.9 Å². The van der Waals surface area contributed by atoms with E-state index in [0.717, 1.165) is 18.6 Å². The van der Waals surface area contributed by atoms with Crippen LogP contribution in [0.3, 0.4) is 0 Å². The van der Waals surface area contributed by atoms with Crippen LogP contribution in [-0.4, -0.2) is 30.1 Å². The zero-order valence-electron chi connectivity index (χ0n) is 12.6. The van der Waals surface area contributed by atoms with Gasteiger partial charge in [-0.15, -0.1) is 0 Å². The maximum absolute atomic E-state index is 12.0. The summed E-state index contributed by atoms with van der Waals surface area (Å²) >= 11 is 0. The monoisotopic (exact) mass is 293 g/mol. The lowest BCUT2D eigenvalue weighted by Gasteiger charge is -2.12. The van der Waals surface area contributed by atoms with Crippen molar-refractivity contribution in [3.8, 4) is 5.75 Å². The fourth-order valence-corrected chi connectivity index (χ4v) is 1.90. The Kier molecular flexibility index (Phi) is 7.29. The molecule has 0 aliphatic rings. The second kappa shape index (κ2) is 9.00. The smallest absolute Gasteiger partial charge is 0.308 e. The van der Waals surface area contributed by atoms with Crippen LogP contribution in [0.4, 0.5) is 0 Å². The molecule has 1 aromatic carbocycles. The maximum atomic E-state index is 12.0. The molecule has 116 valence electrons. The standard InChI is InChI=1S/C16H23NO4/c1-3-5-13(16(19)20)11-17-15(18)12-6-8-14(9-7-12)21-10-4-2/h6-9,13H,3-5,10-11H2,1-2H3,(H,17,18)(H,19,20). The molecule has 1 rings (SSSR count). The van der Waals surface area contributed by atoms with E-state index in [0.29, 0.717) is 18.6 Å². The molecule has 0 aromatic heterocycles. The second-order valence-corrected chi connectivity index (χ2v) is 4.91. The van der Waals surface area contributed by atoms with Gasteiger partial charge < -0.3 is 15.2 Å². The third kappa shape index (κ3) is 5.85. The van der Waals surface area contributed by atoms with Crippen LogP contribution in [0.5, 0.6) is 5.75 Å². The first kappa shape index (κ1) is 17.0. The number of amides is 1. The molecular formula is C16H23NO4. The van der Waals surface area contributed by atoms with Crippen molar-refractivity contribution in [3.05, 3.63) is 29.8 Å². The van der Waals surface area contributed by atoms with Gasteiger partial charge in [-0.3, -0.25) is 9.59 Å². The van der Waals surface area contributed by atoms with Crippen molar-refractivity contribution in [1.82, 2.24) is 5.32 Å². The summed E-state index contributed by atoms with van der Waals surface area (Å²) in [6.07, 6.45) is 2.26. The normalized spacial score (nSPS) is 11.7. The van der Waals surface area contributed by atoms with Crippen molar-refractivity contribution in [2.75, 3.05) is 13.2 Å². The zero-order chi connectivity index (χ0) is 15.7. The Balaban J connectivity index is 2.53. The fraction of sp³-hybridized carbons (Fsp3) is 0.500. The Labute approximate surface area is 125 Å². The van der Waals surface area contributed by atoms with Crippen LogP contribution < -0.4 is 10.1 Å². The van der Waals surface area contributed by atoms with Gasteiger partial charge in [0.15, 0.2) is 0 Å². The molecule has 5 heteroatoms. The minimum atomic E-state index is -0.875. The van der Waals surface area contributed by atoms with E-state index in [1.807, 2.05) is 13.8 Å². The van der Waals surface area contributed by atoms with E-state index in [1.165, 1.54) is 0 Å². The summed E-state index contributed by atoms with van der Waals surface area (Å²) in [4.78, 5) is 23.0. The van der Waals surface area contributed by atoms with E-state index < -0.39 is 11.9 Å². The maximum Gasteiger partial charge on any atom is 0.308 e. The van der Waals surface area contributed by atoms with Gasteiger partial charge in [-0.1, -0.05) is 20.3 Å². The molecule has 1 amide bonds. The summed E-state index contributed by atoms with van der Waals surface area (Å²) in [6, 6.07) is 6.84. The number of carboxylic acid groups (broad SMARTS) is 1. The van der Waals surface area contributed by atoms with Crippen molar-refractivity contribution in [1.29, 1.82) is 0 Å². The average Bonchev–Trinajstić information content (AvgIpc) is 2.49. The molecule has 0 saturated carbocycles. The Hall–Kier alpha value is -2.04. The topological polar surface area (TPSA) is 75.6 Å². The molecule has 0 aliphatic carbocycles. The summed E-state index contributed by atoms with van der Waals surface area (Å²) in [7, 11) is 0. The van der Waals surface area contributed by atoms with E-state index in [4.69, 9.17) is 9.84 Å². The third-order valence-electron chi connectivity index (χ3n) is 3.08. The van der Waals surface area contributed by atoms with Crippen molar-refractivity contribution in [2.24, 2.45) is 5.92 Å². The molecule has 0 heterocycles. The zero-order valence-corrected chi connectivity index (χ0v) is 12.6. The molecule has 0 spiro atoms. The number of carbonyl (C=O) groups is 2. The number of carbonyl (C=O) groups excluding carboxylic acids is 1. The Morgan fingerprint density at radius 2 is 1.86 bits per heavy atom. The largest absolute Gasteiger partial charge is 0.494 e. The predicted molar refractivity (Wildman–Crippen MR) is 80.6 cm³/mol. The van der Waals surface area contributed by atoms with Gasteiger partial charge in [0.2, 0.25) is 0 Å². The van der Waals surface area contributed by atoms with Crippen LogP contribution in [0.1, 0.15) is 43.5 Å². The van der Waals surface area contributed by atoms with Gasteiger partial charge in [0.05, 0.1) is 12.5 Å². The van der Waals surface area contributed by atoms with Gasteiger partial charge in [-0.25, -0.2) is 0 Å². The summed E-state index contributed by atoms with van der Waals surface area (Å²) < 4.78 is 5.44. The van der Waals surface area contributed by atoms with E-state index >= 15 is 0 Å². The molecule has 2 N–H and O–H groups in total. The van der Waals surface area contributed by atoms with E-state index in [2.05, 4.69) is 5.32 Å². The lowest BCUT2D eigenvalue weighted by Crippen LogP contribution is -2.32. The highest BCUT2D eigenvalue weighted by atomic mass is 16.5. The highest BCUT2D eigenvalue weighted by Crippen LogP contribution is 2.13. The van der Waals surface area contributed by atoms with E-state index in [1.54, 1.807) is 24.3 Å². The minimum Gasteiger partial charge on any atom is -0.494 e. The lowest BCUT2D eigenvalue weighted by atomic mass is 10.0. The second-order valence-electron chi connectivity index (χ2n) is 4.91. The lowest BCUT2D eigenvalue weighted by molar-refractivity contribution is -0.141. The number of hydrogen-bond acceptors (Lipinski definition) is 3. The molecule has 1 atom stereocenters. The van der Waals surface area contributed by atoms with E-state index in [-0.39, 0.29) is 12.5 Å². The number of ether oxygens (including phenoxy) is 1. The summed E-state index contributed by atoms with van der Waals surface area (Å²) in [5.41, 5.74) is 0.500. The summed E-state index contributed by atoms with van der Waals surface area (Å²) in [5.74, 6) is -0.950. The Morgan fingerprint density at radius 3 is 2.38 bits per heavy atom. The number of rotatable bonds is 9. The van der Waals surface area contributed by atoms with Crippen molar-refractivity contribution in [3.63, 3.8) is 0 Å². The molecule has 21 heavy (non-hydrogen) atoms. The summed E-state index contributed by atoms with van der Waals surface area (Å²) in [6.45, 7) is 4.74.